The van der Waals surface area contributed by atoms with Crippen LogP contribution in [-0.2, 0) is 0 Å². The van der Waals surface area contributed by atoms with Crippen LogP contribution in [0, 0.1) is 5.82 Å². The molecular weight excluding hydrogens is 411 g/mol. The number of hydrogen-bond acceptors (Lipinski definition) is 4. The summed E-state index contributed by atoms with van der Waals surface area (Å²) in [6.07, 6.45) is 3.45. The summed E-state index contributed by atoms with van der Waals surface area (Å²) >= 11 is 1.71. The minimum absolute atomic E-state index is 0.173. The lowest BCUT2D eigenvalue weighted by atomic mass is 9.90. The molecule has 2 N–H and O–H groups in total. The molecule has 6 heteroatoms. The first-order chi connectivity index (χ1) is 15.1. The zero-order valence-corrected chi connectivity index (χ0v) is 18.4. The van der Waals surface area contributed by atoms with E-state index in [0.717, 1.165) is 46.1 Å². The van der Waals surface area contributed by atoms with Gasteiger partial charge in [-0.25, -0.2) is 4.39 Å². The number of benzene rings is 2. The van der Waals surface area contributed by atoms with Gasteiger partial charge >= 0.3 is 0 Å². The van der Waals surface area contributed by atoms with Gasteiger partial charge in [0.05, 0.1) is 0 Å². The average molecular weight is 439 g/mol. The van der Waals surface area contributed by atoms with Crippen molar-refractivity contribution in [2.24, 2.45) is 0 Å². The SMILES string of the molecule is C[C@@H]1C[C@@H](c2cc3ccc(F)cc3s2)CCN1C[C@H](O)COc1cccc2[nH]ccc12. The Balaban J connectivity index is 1.17. The molecule has 0 radical (unpaired) electrons. The number of nitrogens with zero attached hydrogens (tertiary/aromatic N) is 1. The van der Waals surface area contributed by atoms with Crippen LogP contribution >= 0.6 is 11.3 Å². The molecule has 1 saturated heterocycles. The number of thiophene rings is 1. The Morgan fingerprint density at radius 1 is 1.26 bits per heavy atom. The third-order valence-electron chi connectivity index (χ3n) is 6.35. The first kappa shape index (κ1) is 20.5. The smallest absolute Gasteiger partial charge is 0.128 e. The number of nitrogens with one attached hydrogen (secondary N) is 1. The van der Waals surface area contributed by atoms with E-state index in [1.165, 1.54) is 10.9 Å². The number of aromatic amines is 1. The lowest BCUT2D eigenvalue weighted by Crippen LogP contribution is -2.45. The topological polar surface area (TPSA) is 48.5 Å². The molecule has 1 fully saturated rings. The highest BCUT2D eigenvalue weighted by molar-refractivity contribution is 7.19. The second-order valence-corrected chi connectivity index (χ2v) is 9.67. The molecule has 3 atom stereocenters. The van der Waals surface area contributed by atoms with Crippen molar-refractivity contribution in [1.82, 2.24) is 9.88 Å². The van der Waals surface area contributed by atoms with Gasteiger partial charge in [0, 0.05) is 39.3 Å². The summed E-state index contributed by atoms with van der Waals surface area (Å²) in [6, 6.07) is 15.5. The average Bonchev–Trinajstić information content (AvgIpc) is 3.40. The molecule has 4 aromatic rings. The summed E-state index contributed by atoms with van der Waals surface area (Å²) in [5, 5.41) is 12.8. The van der Waals surface area contributed by atoms with Crippen molar-refractivity contribution >= 4 is 32.3 Å². The Labute approximate surface area is 185 Å². The van der Waals surface area contributed by atoms with Gasteiger partial charge in [-0.3, -0.25) is 4.90 Å². The normalized spacial score (nSPS) is 21.0. The lowest BCUT2D eigenvalue weighted by molar-refractivity contribution is 0.0408. The number of likely N-dealkylation sites (tertiary alicyclic amines) is 1. The fourth-order valence-corrected chi connectivity index (χ4v) is 5.91. The number of fused-ring (bicyclic) bond motifs is 2. The van der Waals surface area contributed by atoms with Crippen molar-refractivity contribution in [3.05, 3.63) is 65.4 Å². The monoisotopic (exact) mass is 438 g/mol. The van der Waals surface area contributed by atoms with E-state index in [1.54, 1.807) is 17.4 Å². The summed E-state index contributed by atoms with van der Waals surface area (Å²) < 4.78 is 20.5. The van der Waals surface area contributed by atoms with Crippen molar-refractivity contribution < 1.29 is 14.2 Å². The third kappa shape index (κ3) is 4.33. The van der Waals surface area contributed by atoms with Gasteiger partial charge in [0.2, 0.25) is 0 Å². The van der Waals surface area contributed by atoms with Crippen LogP contribution in [0.25, 0.3) is 21.0 Å². The van der Waals surface area contributed by atoms with E-state index < -0.39 is 6.10 Å². The molecular formula is C25H27FN2O2S. The highest BCUT2D eigenvalue weighted by Gasteiger charge is 2.28. The largest absolute Gasteiger partial charge is 0.490 e. The fraction of sp³-hybridized carbons (Fsp3) is 0.360. The highest BCUT2D eigenvalue weighted by atomic mass is 32.1. The van der Waals surface area contributed by atoms with E-state index >= 15 is 0 Å². The van der Waals surface area contributed by atoms with Gasteiger partial charge in [-0.2, -0.15) is 0 Å². The minimum Gasteiger partial charge on any atom is -0.490 e. The van der Waals surface area contributed by atoms with Crippen molar-refractivity contribution in [3.63, 3.8) is 0 Å². The van der Waals surface area contributed by atoms with E-state index in [1.807, 2.05) is 36.5 Å². The van der Waals surface area contributed by atoms with Crippen LogP contribution in [-0.4, -0.2) is 46.8 Å². The molecule has 2 aromatic heterocycles. The molecule has 0 bridgehead atoms. The maximum absolute atomic E-state index is 13.5. The number of rotatable bonds is 6. The van der Waals surface area contributed by atoms with Gasteiger partial charge in [-0.05, 0) is 74.0 Å². The molecule has 2 aromatic carbocycles. The Hall–Kier alpha value is -2.41. The van der Waals surface area contributed by atoms with E-state index in [4.69, 9.17) is 4.74 Å². The zero-order valence-electron chi connectivity index (χ0n) is 17.6. The van der Waals surface area contributed by atoms with Gasteiger partial charge in [-0.15, -0.1) is 11.3 Å². The summed E-state index contributed by atoms with van der Waals surface area (Å²) in [6.45, 7) is 4.06. The Bertz CT molecular complexity index is 1190. The van der Waals surface area contributed by atoms with Gasteiger partial charge in [0.1, 0.15) is 24.3 Å². The Morgan fingerprint density at radius 3 is 3.03 bits per heavy atom. The van der Waals surface area contributed by atoms with Crippen molar-refractivity contribution in [3.8, 4) is 5.75 Å². The predicted octanol–water partition coefficient (Wildman–Crippen LogP) is 5.53. The predicted molar refractivity (Wildman–Crippen MR) is 125 cm³/mol. The summed E-state index contributed by atoms with van der Waals surface area (Å²) in [5.74, 6) is 1.12. The number of aliphatic hydroxyl groups is 1. The number of aliphatic hydroxyl groups excluding tert-OH is 1. The van der Waals surface area contributed by atoms with E-state index in [9.17, 15) is 9.50 Å². The van der Waals surface area contributed by atoms with Crippen LogP contribution < -0.4 is 4.74 Å². The second-order valence-electron chi connectivity index (χ2n) is 8.56. The molecule has 0 unspecified atom stereocenters. The minimum atomic E-state index is -0.541. The molecule has 4 nitrogen and oxygen atoms in total. The number of aromatic nitrogens is 1. The number of H-pyrrole nitrogens is 1. The first-order valence-corrected chi connectivity index (χ1v) is 11.7. The maximum atomic E-state index is 13.5. The van der Waals surface area contributed by atoms with Crippen molar-refractivity contribution in [2.75, 3.05) is 19.7 Å². The van der Waals surface area contributed by atoms with Crippen LogP contribution in [0.3, 0.4) is 0 Å². The van der Waals surface area contributed by atoms with Gasteiger partial charge in [-0.1, -0.05) is 12.1 Å². The third-order valence-corrected chi connectivity index (χ3v) is 7.61. The quantitative estimate of drug-likeness (QED) is 0.416. The standard InChI is InChI=1S/C25H27FN2O2S/c1-16-11-18(24-12-17-5-6-19(26)13-25(17)31-24)8-10-28(16)14-20(29)15-30-23-4-2-3-22-21(23)7-9-27-22/h2-7,9,12-13,16,18,20,27,29H,8,10-11,14-15H2,1H3/t16-,18+,20+/m1/s1. The number of hydrogen-bond donors (Lipinski definition) is 2. The Kier molecular flexibility index (Phi) is 5.69. The van der Waals surface area contributed by atoms with E-state index in [-0.39, 0.29) is 12.4 Å². The van der Waals surface area contributed by atoms with Crippen LogP contribution in [0.15, 0.2) is 54.7 Å². The molecule has 162 valence electrons. The molecule has 5 rings (SSSR count). The zero-order chi connectivity index (χ0) is 21.4. The van der Waals surface area contributed by atoms with E-state index in [2.05, 4.69) is 22.9 Å². The number of ether oxygens (including phenoxy) is 1. The molecule has 0 saturated carbocycles. The maximum Gasteiger partial charge on any atom is 0.128 e. The fourth-order valence-electron chi connectivity index (χ4n) is 4.67. The molecule has 0 aliphatic carbocycles. The summed E-state index contributed by atoms with van der Waals surface area (Å²) in [5.41, 5.74) is 1.03. The summed E-state index contributed by atoms with van der Waals surface area (Å²) in [4.78, 5) is 6.88. The molecule has 1 aliphatic heterocycles. The molecule has 0 spiro atoms. The van der Waals surface area contributed by atoms with Crippen LogP contribution in [0.1, 0.15) is 30.6 Å². The number of β-amino-alcohol motifs (C(OH)–C–C–N with tert-alkyl or cyclic N) is 1. The first-order valence-electron chi connectivity index (χ1n) is 10.9. The van der Waals surface area contributed by atoms with Gasteiger partial charge in [0.15, 0.2) is 0 Å². The van der Waals surface area contributed by atoms with Crippen molar-refractivity contribution in [1.29, 1.82) is 0 Å². The number of piperidine rings is 1. The van der Waals surface area contributed by atoms with Crippen LogP contribution in [0.5, 0.6) is 5.75 Å². The van der Waals surface area contributed by atoms with Crippen molar-refractivity contribution in [2.45, 2.75) is 37.8 Å². The lowest BCUT2D eigenvalue weighted by Gasteiger charge is -2.38. The Morgan fingerprint density at radius 2 is 2.16 bits per heavy atom. The number of halogens is 1. The molecule has 31 heavy (non-hydrogen) atoms. The van der Waals surface area contributed by atoms with E-state index in [0.29, 0.717) is 18.5 Å². The van der Waals surface area contributed by atoms with Gasteiger partial charge in [0.25, 0.3) is 0 Å². The highest BCUT2D eigenvalue weighted by Crippen LogP contribution is 2.38. The second kappa shape index (κ2) is 8.61. The van der Waals surface area contributed by atoms with Gasteiger partial charge < -0.3 is 14.8 Å². The molecule has 3 heterocycles. The molecule has 0 amide bonds. The van der Waals surface area contributed by atoms with Crippen LogP contribution in [0.4, 0.5) is 4.39 Å². The molecule has 1 aliphatic rings. The van der Waals surface area contributed by atoms with Crippen LogP contribution in [0.2, 0.25) is 0 Å². The summed E-state index contributed by atoms with van der Waals surface area (Å²) in [7, 11) is 0.